The topological polar surface area (TPSA) is 54.0 Å². The molecule has 0 aliphatic carbocycles. The van der Waals surface area contributed by atoms with Crippen molar-refractivity contribution in [3.63, 3.8) is 0 Å². The molecule has 24 heavy (non-hydrogen) atoms. The van der Waals surface area contributed by atoms with Gasteiger partial charge in [0.25, 0.3) is 0 Å². The zero-order chi connectivity index (χ0) is 17.5. The lowest BCUT2D eigenvalue weighted by atomic mass is 10.0. The third-order valence-electron chi connectivity index (χ3n) is 4.17. The first-order valence-electron chi connectivity index (χ1n) is 8.34. The van der Waals surface area contributed by atoms with Crippen molar-refractivity contribution >= 4 is 5.97 Å². The van der Waals surface area contributed by atoms with Gasteiger partial charge >= 0.3 is 5.97 Å². The molecule has 1 fully saturated rings. The van der Waals surface area contributed by atoms with Crippen LogP contribution in [-0.4, -0.2) is 27.3 Å². The molecule has 1 unspecified atom stereocenters. The number of rotatable bonds is 8. The highest BCUT2D eigenvalue weighted by Gasteiger charge is 2.31. The summed E-state index contributed by atoms with van der Waals surface area (Å²) in [6.07, 6.45) is 6.63. The van der Waals surface area contributed by atoms with Crippen molar-refractivity contribution in [2.75, 3.05) is 21.3 Å². The maximum Gasteiger partial charge on any atom is 0.334 e. The number of carbonyl (C=O) groups excluding carboxylic acids is 1. The van der Waals surface area contributed by atoms with Gasteiger partial charge in [0.2, 0.25) is 5.75 Å². The summed E-state index contributed by atoms with van der Waals surface area (Å²) in [5.74, 6) is 1.42. The van der Waals surface area contributed by atoms with Gasteiger partial charge in [-0.3, -0.25) is 0 Å². The fourth-order valence-corrected chi connectivity index (χ4v) is 2.84. The van der Waals surface area contributed by atoms with Gasteiger partial charge in [0.15, 0.2) is 11.5 Å². The number of esters is 1. The second-order valence-electron chi connectivity index (χ2n) is 5.78. The largest absolute Gasteiger partial charge is 0.493 e. The van der Waals surface area contributed by atoms with Crippen LogP contribution in [0.5, 0.6) is 17.2 Å². The summed E-state index contributed by atoms with van der Waals surface area (Å²) in [6, 6.07) is 3.67. The standard InChI is InChI=1S/C19H26O5/c1-5-6-7-8-9-13-10-15(24-19(13)20)14-11-16(21-2)18(23-4)17(12-14)22-3/h9,11-12,15H,5-8,10H2,1-4H3/b13-9-. The summed E-state index contributed by atoms with van der Waals surface area (Å²) in [4.78, 5) is 12.1. The lowest BCUT2D eigenvalue weighted by molar-refractivity contribution is -0.139. The van der Waals surface area contributed by atoms with Crippen LogP contribution in [0.25, 0.3) is 0 Å². The van der Waals surface area contributed by atoms with Gasteiger partial charge in [-0.2, -0.15) is 0 Å². The van der Waals surface area contributed by atoms with Gasteiger partial charge in [-0.1, -0.05) is 25.8 Å². The Bertz CT molecular complexity index is 581. The van der Waals surface area contributed by atoms with E-state index >= 15 is 0 Å². The second kappa shape index (κ2) is 8.62. The first-order chi connectivity index (χ1) is 11.6. The Morgan fingerprint density at radius 1 is 1.12 bits per heavy atom. The van der Waals surface area contributed by atoms with E-state index in [-0.39, 0.29) is 12.1 Å². The van der Waals surface area contributed by atoms with E-state index in [1.807, 2.05) is 18.2 Å². The van der Waals surface area contributed by atoms with Gasteiger partial charge in [-0.05, 0) is 25.0 Å². The van der Waals surface area contributed by atoms with Gasteiger partial charge in [-0.25, -0.2) is 4.79 Å². The molecule has 0 bridgehead atoms. The van der Waals surface area contributed by atoms with E-state index in [9.17, 15) is 4.79 Å². The van der Waals surface area contributed by atoms with E-state index in [1.165, 1.54) is 12.8 Å². The number of benzene rings is 1. The Kier molecular flexibility index (Phi) is 6.53. The number of cyclic esters (lactones) is 1. The summed E-state index contributed by atoms with van der Waals surface area (Å²) in [5, 5.41) is 0. The Hall–Kier alpha value is -2.17. The summed E-state index contributed by atoms with van der Waals surface area (Å²) in [7, 11) is 4.70. The highest BCUT2D eigenvalue weighted by molar-refractivity contribution is 5.90. The third-order valence-corrected chi connectivity index (χ3v) is 4.17. The fourth-order valence-electron chi connectivity index (χ4n) is 2.84. The van der Waals surface area contributed by atoms with Gasteiger partial charge in [-0.15, -0.1) is 0 Å². The van der Waals surface area contributed by atoms with E-state index in [1.54, 1.807) is 21.3 Å². The SMILES string of the molecule is CCCCC/C=C1/CC(c2cc(OC)c(OC)c(OC)c2)OC1=O. The van der Waals surface area contributed by atoms with Crippen molar-refractivity contribution < 1.29 is 23.7 Å². The lowest BCUT2D eigenvalue weighted by Gasteiger charge is -2.16. The first kappa shape index (κ1) is 18.2. The molecule has 1 aliphatic heterocycles. The minimum atomic E-state index is -0.316. The predicted octanol–water partition coefficient (Wildman–Crippen LogP) is 4.21. The summed E-state index contributed by atoms with van der Waals surface area (Å²) < 4.78 is 21.6. The molecular weight excluding hydrogens is 308 g/mol. The molecule has 2 rings (SSSR count). The van der Waals surface area contributed by atoms with Gasteiger partial charge in [0.05, 0.1) is 21.3 Å². The van der Waals surface area contributed by atoms with Gasteiger partial charge < -0.3 is 18.9 Å². The lowest BCUT2D eigenvalue weighted by Crippen LogP contribution is -2.02. The maximum absolute atomic E-state index is 12.1. The Labute approximate surface area is 143 Å². The van der Waals surface area contributed by atoms with E-state index in [2.05, 4.69) is 6.92 Å². The van der Waals surface area contributed by atoms with Crippen LogP contribution < -0.4 is 14.2 Å². The Balaban J connectivity index is 2.19. The molecule has 1 heterocycles. The third kappa shape index (κ3) is 4.02. The second-order valence-corrected chi connectivity index (χ2v) is 5.78. The van der Waals surface area contributed by atoms with Crippen LogP contribution in [0.1, 0.15) is 50.7 Å². The molecule has 1 aliphatic rings. The van der Waals surface area contributed by atoms with E-state index in [0.29, 0.717) is 23.7 Å². The average molecular weight is 334 g/mol. The summed E-state index contributed by atoms with van der Waals surface area (Å²) >= 11 is 0. The van der Waals surface area contributed by atoms with Crippen molar-refractivity contribution in [2.24, 2.45) is 0 Å². The van der Waals surface area contributed by atoms with Crippen LogP contribution in [0.4, 0.5) is 0 Å². The van der Waals surface area contributed by atoms with Crippen LogP contribution in [-0.2, 0) is 9.53 Å². The van der Waals surface area contributed by atoms with Gasteiger partial charge in [0, 0.05) is 17.6 Å². The molecule has 132 valence electrons. The smallest absolute Gasteiger partial charge is 0.334 e. The van der Waals surface area contributed by atoms with E-state index in [0.717, 1.165) is 24.0 Å². The molecule has 1 saturated heterocycles. The number of hydrogen-bond donors (Lipinski definition) is 0. The number of methoxy groups -OCH3 is 3. The molecule has 1 atom stereocenters. The average Bonchev–Trinajstić information content (AvgIpc) is 2.98. The van der Waals surface area contributed by atoms with Crippen LogP contribution >= 0.6 is 0 Å². The number of carbonyl (C=O) groups is 1. The van der Waals surface area contributed by atoms with Gasteiger partial charge in [0.1, 0.15) is 6.10 Å². The molecule has 0 amide bonds. The normalized spacial score (nSPS) is 18.6. The quantitative estimate of drug-likeness (QED) is 0.405. The highest BCUT2D eigenvalue weighted by Crippen LogP contribution is 2.43. The van der Waals surface area contributed by atoms with Crippen molar-refractivity contribution in [1.29, 1.82) is 0 Å². The summed E-state index contributed by atoms with van der Waals surface area (Å²) in [5.41, 5.74) is 1.60. The Morgan fingerprint density at radius 2 is 1.79 bits per heavy atom. The minimum Gasteiger partial charge on any atom is -0.493 e. The highest BCUT2D eigenvalue weighted by atomic mass is 16.6. The van der Waals surface area contributed by atoms with Crippen LogP contribution in [0, 0.1) is 0 Å². The molecule has 0 saturated carbocycles. The molecule has 1 aromatic carbocycles. The van der Waals surface area contributed by atoms with Crippen LogP contribution in [0.2, 0.25) is 0 Å². The van der Waals surface area contributed by atoms with Crippen LogP contribution in [0.15, 0.2) is 23.8 Å². The fraction of sp³-hybridized carbons (Fsp3) is 0.526. The minimum absolute atomic E-state index is 0.231. The summed E-state index contributed by atoms with van der Waals surface area (Å²) in [6.45, 7) is 2.16. The molecule has 5 heteroatoms. The van der Waals surface area contributed by atoms with Crippen molar-refractivity contribution in [2.45, 2.75) is 45.1 Å². The monoisotopic (exact) mass is 334 g/mol. The maximum atomic E-state index is 12.1. The van der Waals surface area contributed by atoms with Crippen molar-refractivity contribution in [1.82, 2.24) is 0 Å². The number of hydrogen-bond acceptors (Lipinski definition) is 5. The Morgan fingerprint density at radius 3 is 2.33 bits per heavy atom. The molecular formula is C19H26O5. The zero-order valence-electron chi connectivity index (χ0n) is 14.9. The van der Waals surface area contributed by atoms with E-state index in [4.69, 9.17) is 18.9 Å². The molecule has 0 radical (unpaired) electrons. The number of unbranched alkanes of at least 4 members (excludes halogenated alkanes) is 3. The molecule has 0 aromatic heterocycles. The van der Waals surface area contributed by atoms with Crippen LogP contribution in [0.3, 0.4) is 0 Å². The molecule has 1 aromatic rings. The molecule has 5 nitrogen and oxygen atoms in total. The van der Waals surface area contributed by atoms with Crippen molar-refractivity contribution in [3.8, 4) is 17.2 Å². The zero-order valence-corrected chi connectivity index (χ0v) is 14.9. The molecule has 0 N–H and O–H groups in total. The predicted molar refractivity (Wildman–Crippen MR) is 91.8 cm³/mol. The number of allylic oxidation sites excluding steroid dienone is 1. The van der Waals surface area contributed by atoms with Crippen molar-refractivity contribution in [3.05, 3.63) is 29.3 Å². The number of ether oxygens (including phenoxy) is 4. The first-order valence-corrected chi connectivity index (χ1v) is 8.34. The van der Waals surface area contributed by atoms with E-state index < -0.39 is 0 Å². The molecule has 0 spiro atoms.